The molecular weight excluding hydrogens is 172 g/mol. The van der Waals surface area contributed by atoms with E-state index in [0.717, 1.165) is 31.3 Å². The molecule has 0 heterocycles. The first-order valence-corrected chi connectivity index (χ1v) is 5.85. The standard InChI is InChI=1S/C12H22N2/c1-3-14(2)12-8-6-11(7-9-12)5-4-10-13/h11-12H,3-9H2,1-2H3. The zero-order valence-electron chi connectivity index (χ0n) is 9.50. The molecule has 0 aromatic carbocycles. The largest absolute Gasteiger partial charge is 0.304 e. The van der Waals surface area contributed by atoms with E-state index in [0.29, 0.717) is 0 Å². The van der Waals surface area contributed by atoms with Crippen LogP contribution in [0.4, 0.5) is 0 Å². The lowest BCUT2D eigenvalue weighted by Gasteiger charge is -2.33. The van der Waals surface area contributed by atoms with Crippen molar-refractivity contribution < 1.29 is 0 Å². The van der Waals surface area contributed by atoms with E-state index in [9.17, 15) is 0 Å². The molecule has 0 unspecified atom stereocenters. The monoisotopic (exact) mass is 194 g/mol. The Bertz CT molecular complexity index is 187. The highest BCUT2D eigenvalue weighted by molar-refractivity contribution is 4.80. The third kappa shape index (κ3) is 3.31. The SMILES string of the molecule is CCN(C)C1CCC(CCC#N)CC1. The molecule has 0 aromatic rings. The zero-order valence-corrected chi connectivity index (χ0v) is 9.50. The minimum Gasteiger partial charge on any atom is -0.304 e. The topological polar surface area (TPSA) is 27.0 Å². The maximum atomic E-state index is 8.52. The second-order valence-corrected chi connectivity index (χ2v) is 4.44. The van der Waals surface area contributed by atoms with Gasteiger partial charge < -0.3 is 4.90 Å². The predicted octanol–water partition coefficient (Wildman–Crippen LogP) is 2.80. The fourth-order valence-corrected chi connectivity index (χ4v) is 2.40. The van der Waals surface area contributed by atoms with Crippen LogP contribution in [0.5, 0.6) is 0 Å². The van der Waals surface area contributed by atoms with Crippen molar-refractivity contribution in [1.29, 1.82) is 5.26 Å². The van der Waals surface area contributed by atoms with Gasteiger partial charge in [0.25, 0.3) is 0 Å². The van der Waals surface area contributed by atoms with E-state index in [4.69, 9.17) is 5.26 Å². The van der Waals surface area contributed by atoms with E-state index in [2.05, 4.69) is 24.9 Å². The highest BCUT2D eigenvalue weighted by Crippen LogP contribution is 2.29. The summed E-state index contributed by atoms with van der Waals surface area (Å²) in [5.74, 6) is 0.830. The highest BCUT2D eigenvalue weighted by Gasteiger charge is 2.22. The average Bonchev–Trinajstić information content (AvgIpc) is 2.26. The Hall–Kier alpha value is -0.550. The first-order valence-electron chi connectivity index (χ1n) is 5.85. The lowest BCUT2D eigenvalue weighted by Crippen LogP contribution is -2.34. The van der Waals surface area contributed by atoms with Gasteiger partial charge in [0.05, 0.1) is 6.07 Å². The van der Waals surface area contributed by atoms with Crippen LogP contribution in [-0.2, 0) is 0 Å². The molecule has 0 radical (unpaired) electrons. The quantitative estimate of drug-likeness (QED) is 0.688. The van der Waals surface area contributed by atoms with Crippen LogP contribution in [0.1, 0.15) is 45.4 Å². The lowest BCUT2D eigenvalue weighted by atomic mass is 9.83. The average molecular weight is 194 g/mol. The molecular formula is C12H22N2. The number of rotatable bonds is 4. The van der Waals surface area contributed by atoms with Crippen LogP contribution in [0, 0.1) is 17.2 Å². The Morgan fingerprint density at radius 3 is 2.43 bits per heavy atom. The Balaban J connectivity index is 2.21. The molecule has 2 nitrogen and oxygen atoms in total. The first kappa shape index (κ1) is 11.5. The van der Waals surface area contributed by atoms with Crippen molar-refractivity contribution in [2.24, 2.45) is 5.92 Å². The van der Waals surface area contributed by atoms with E-state index in [1.54, 1.807) is 0 Å². The van der Waals surface area contributed by atoms with Gasteiger partial charge in [0.15, 0.2) is 0 Å². The molecule has 0 aromatic heterocycles. The molecule has 0 saturated heterocycles. The molecule has 1 fully saturated rings. The van der Waals surface area contributed by atoms with Crippen LogP contribution in [0.15, 0.2) is 0 Å². The molecule has 1 aliphatic rings. The van der Waals surface area contributed by atoms with E-state index in [-0.39, 0.29) is 0 Å². The summed E-state index contributed by atoms with van der Waals surface area (Å²) in [6.45, 7) is 3.38. The number of hydrogen-bond acceptors (Lipinski definition) is 2. The zero-order chi connectivity index (χ0) is 10.4. The van der Waals surface area contributed by atoms with Crippen LogP contribution >= 0.6 is 0 Å². The third-order valence-corrected chi connectivity index (χ3v) is 3.60. The van der Waals surface area contributed by atoms with E-state index < -0.39 is 0 Å². The fourth-order valence-electron chi connectivity index (χ4n) is 2.40. The number of nitrogens with zero attached hydrogens (tertiary/aromatic N) is 2. The summed E-state index contributed by atoms with van der Waals surface area (Å²) < 4.78 is 0. The fraction of sp³-hybridized carbons (Fsp3) is 0.917. The van der Waals surface area contributed by atoms with Gasteiger partial charge in [0, 0.05) is 12.5 Å². The maximum Gasteiger partial charge on any atom is 0.0621 e. The van der Waals surface area contributed by atoms with Gasteiger partial charge in [-0.25, -0.2) is 0 Å². The van der Waals surface area contributed by atoms with Gasteiger partial charge in [-0.2, -0.15) is 5.26 Å². The predicted molar refractivity (Wildman–Crippen MR) is 58.9 cm³/mol. The minimum atomic E-state index is 0.749. The Kier molecular flexibility index (Phi) is 4.97. The summed E-state index contributed by atoms with van der Waals surface area (Å²) in [6.07, 6.45) is 7.20. The smallest absolute Gasteiger partial charge is 0.0621 e. The van der Waals surface area contributed by atoms with Crippen molar-refractivity contribution in [1.82, 2.24) is 4.90 Å². The molecule has 1 rings (SSSR count). The minimum absolute atomic E-state index is 0.749. The molecule has 0 bridgehead atoms. The van der Waals surface area contributed by atoms with Gasteiger partial charge in [-0.05, 0) is 51.6 Å². The van der Waals surface area contributed by atoms with Crippen molar-refractivity contribution >= 4 is 0 Å². The van der Waals surface area contributed by atoms with Gasteiger partial charge in [-0.15, -0.1) is 0 Å². The summed E-state index contributed by atoms with van der Waals surface area (Å²) in [5, 5.41) is 8.52. The van der Waals surface area contributed by atoms with Crippen molar-refractivity contribution in [2.45, 2.75) is 51.5 Å². The molecule has 0 spiro atoms. The normalized spacial score (nSPS) is 27.6. The Morgan fingerprint density at radius 1 is 1.29 bits per heavy atom. The van der Waals surface area contributed by atoms with Crippen molar-refractivity contribution in [2.75, 3.05) is 13.6 Å². The summed E-state index contributed by atoms with van der Waals surface area (Å²) in [4.78, 5) is 2.46. The van der Waals surface area contributed by atoms with Gasteiger partial charge in [-0.1, -0.05) is 6.92 Å². The first-order chi connectivity index (χ1) is 6.77. The van der Waals surface area contributed by atoms with Crippen LogP contribution in [0.25, 0.3) is 0 Å². The lowest BCUT2D eigenvalue weighted by molar-refractivity contribution is 0.168. The molecule has 14 heavy (non-hydrogen) atoms. The van der Waals surface area contributed by atoms with Crippen LogP contribution in [-0.4, -0.2) is 24.5 Å². The molecule has 0 N–H and O–H groups in total. The maximum absolute atomic E-state index is 8.52. The van der Waals surface area contributed by atoms with Crippen LogP contribution in [0.2, 0.25) is 0 Å². The van der Waals surface area contributed by atoms with Gasteiger partial charge in [0.1, 0.15) is 0 Å². The molecule has 0 aliphatic heterocycles. The third-order valence-electron chi connectivity index (χ3n) is 3.60. The summed E-state index contributed by atoms with van der Waals surface area (Å²) in [5.41, 5.74) is 0. The Labute approximate surface area is 87.9 Å². The molecule has 80 valence electrons. The summed E-state index contributed by atoms with van der Waals surface area (Å²) in [7, 11) is 2.22. The van der Waals surface area contributed by atoms with E-state index in [1.807, 2.05) is 0 Å². The summed E-state index contributed by atoms with van der Waals surface area (Å²) >= 11 is 0. The van der Waals surface area contributed by atoms with Crippen molar-refractivity contribution in [3.05, 3.63) is 0 Å². The summed E-state index contributed by atoms with van der Waals surface area (Å²) in [6, 6.07) is 3.05. The van der Waals surface area contributed by atoms with Gasteiger partial charge in [0.2, 0.25) is 0 Å². The highest BCUT2D eigenvalue weighted by atomic mass is 15.1. The van der Waals surface area contributed by atoms with Gasteiger partial charge in [-0.3, -0.25) is 0 Å². The van der Waals surface area contributed by atoms with E-state index >= 15 is 0 Å². The Morgan fingerprint density at radius 2 is 1.93 bits per heavy atom. The van der Waals surface area contributed by atoms with E-state index in [1.165, 1.54) is 25.7 Å². The van der Waals surface area contributed by atoms with Crippen LogP contribution in [0.3, 0.4) is 0 Å². The van der Waals surface area contributed by atoms with Crippen molar-refractivity contribution in [3.63, 3.8) is 0 Å². The molecule has 2 heteroatoms. The second-order valence-electron chi connectivity index (χ2n) is 4.44. The molecule has 0 amide bonds. The van der Waals surface area contributed by atoms with Gasteiger partial charge >= 0.3 is 0 Å². The molecule has 1 saturated carbocycles. The molecule has 1 aliphatic carbocycles. The number of nitriles is 1. The number of hydrogen-bond donors (Lipinski definition) is 0. The molecule has 0 atom stereocenters. The van der Waals surface area contributed by atoms with Crippen LogP contribution < -0.4 is 0 Å². The van der Waals surface area contributed by atoms with Crippen molar-refractivity contribution in [3.8, 4) is 6.07 Å². The second kappa shape index (κ2) is 6.03.